The summed E-state index contributed by atoms with van der Waals surface area (Å²) in [5.74, 6) is 6.41. The first-order chi connectivity index (χ1) is 9.13. The van der Waals surface area contributed by atoms with Crippen molar-refractivity contribution >= 4 is 0 Å². The van der Waals surface area contributed by atoms with E-state index in [0.717, 1.165) is 12.1 Å². The predicted octanol–water partition coefficient (Wildman–Crippen LogP) is 1.21. The van der Waals surface area contributed by atoms with Gasteiger partial charge in [0.15, 0.2) is 5.60 Å². The number of likely N-dealkylation sites (tertiary alicyclic amines) is 1. The third-order valence-electron chi connectivity index (χ3n) is 3.98. The van der Waals surface area contributed by atoms with E-state index in [9.17, 15) is 5.11 Å². The zero-order valence-corrected chi connectivity index (χ0v) is 11.9. The van der Waals surface area contributed by atoms with Gasteiger partial charge in [0, 0.05) is 12.8 Å². The molecular formula is C17H24NO+. The molecule has 1 fully saturated rings. The Morgan fingerprint density at radius 1 is 1.21 bits per heavy atom. The first-order valence-corrected chi connectivity index (χ1v) is 7.24. The van der Waals surface area contributed by atoms with Crippen molar-refractivity contribution in [2.45, 2.75) is 32.3 Å². The van der Waals surface area contributed by atoms with Crippen molar-refractivity contribution in [1.82, 2.24) is 0 Å². The molecule has 2 heteroatoms. The van der Waals surface area contributed by atoms with Crippen molar-refractivity contribution < 1.29 is 10.0 Å². The maximum atomic E-state index is 10.9. The van der Waals surface area contributed by atoms with E-state index in [2.05, 4.69) is 11.8 Å². The van der Waals surface area contributed by atoms with Gasteiger partial charge in [-0.2, -0.15) is 0 Å². The van der Waals surface area contributed by atoms with Gasteiger partial charge in [-0.1, -0.05) is 50.1 Å². The van der Waals surface area contributed by atoms with Gasteiger partial charge < -0.3 is 10.0 Å². The van der Waals surface area contributed by atoms with Crippen LogP contribution in [0.5, 0.6) is 0 Å². The maximum absolute atomic E-state index is 10.9. The molecule has 1 aromatic rings. The summed E-state index contributed by atoms with van der Waals surface area (Å²) in [6, 6.07) is 9.78. The minimum Gasteiger partial charge on any atom is -0.373 e. The van der Waals surface area contributed by atoms with Gasteiger partial charge in [0.05, 0.1) is 13.1 Å². The van der Waals surface area contributed by atoms with Gasteiger partial charge in [0.25, 0.3) is 0 Å². The monoisotopic (exact) mass is 258 g/mol. The predicted molar refractivity (Wildman–Crippen MR) is 77.8 cm³/mol. The van der Waals surface area contributed by atoms with Crippen LogP contribution in [0.4, 0.5) is 0 Å². The smallest absolute Gasteiger partial charge is 0.153 e. The molecule has 2 N–H and O–H groups in total. The normalized spacial score (nSPS) is 18.9. The van der Waals surface area contributed by atoms with Crippen LogP contribution in [0.3, 0.4) is 0 Å². The van der Waals surface area contributed by atoms with Crippen molar-refractivity contribution in [2.24, 2.45) is 5.92 Å². The molecule has 1 aliphatic rings. The molecule has 0 saturated carbocycles. The van der Waals surface area contributed by atoms with Gasteiger partial charge in [0.2, 0.25) is 0 Å². The third kappa shape index (κ3) is 3.37. The lowest BCUT2D eigenvalue weighted by Crippen LogP contribution is -3.09. The number of aliphatic hydroxyl groups is 1. The summed E-state index contributed by atoms with van der Waals surface area (Å²) in [5.41, 5.74) is -0.130. The second-order valence-corrected chi connectivity index (χ2v) is 5.72. The van der Waals surface area contributed by atoms with Crippen LogP contribution in [0.2, 0.25) is 0 Å². The SMILES string of the molecule is CC(C)C(O)(C#CC[NH+]1CCCC1)c1ccccc1. The van der Waals surface area contributed by atoms with Crippen LogP contribution in [0, 0.1) is 17.8 Å². The van der Waals surface area contributed by atoms with Crippen molar-refractivity contribution in [2.75, 3.05) is 19.6 Å². The Kier molecular flexibility index (Phi) is 4.63. The minimum absolute atomic E-state index is 0.0796. The molecule has 0 spiro atoms. The molecule has 0 amide bonds. The molecule has 0 bridgehead atoms. The Hall–Kier alpha value is -1.30. The Morgan fingerprint density at radius 2 is 1.84 bits per heavy atom. The van der Waals surface area contributed by atoms with Crippen molar-refractivity contribution in [1.29, 1.82) is 0 Å². The van der Waals surface area contributed by atoms with E-state index in [1.54, 1.807) is 4.90 Å². The van der Waals surface area contributed by atoms with E-state index in [4.69, 9.17) is 0 Å². The van der Waals surface area contributed by atoms with Gasteiger partial charge in [-0.3, -0.25) is 0 Å². The molecule has 2 rings (SSSR count). The Bertz CT molecular complexity index is 451. The molecule has 0 aromatic heterocycles. The summed E-state index contributed by atoms with van der Waals surface area (Å²) in [7, 11) is 0. The fourth-order valence-corrected chi connectivity index (χ4v) is 2.60. The largest absolute Gasteiger partial charge is 0.373 e. The summed E-state index contributed by atoms with van der Waals surface area (Å²) in [4.78, 5) is 1.55. The molecule has 1 aliphatic heterocycles. The van der Waals surface area contributed by atoms with Gasteiger partial charge >= 0.3 is 0 Å². The number of benzene rings is 1. The molecule has 1 heterocycles. The molecular weight excluding hydrogens is 234 g/mol. The lowest BCUT2D eigenvalue weighted by molar-refractivity contribution is -0.879. The molecule has 0 aliphatic carbocycles. The molecule has 1 aromatic carbocycles. The lowest BCUT2D eigenvalue weighted by atomic mass is 9.84. The summed E-state index contributed by atoms with van der Waals surface area (Å²) >= 11 is 0. The number of rotatable bonds is 3. The first-order valence-electron chi connectivity index (χ1n) is 7.24. The molecule has 1 atom stereocenters. The fourth-order valence-electron chi connectivity index (χ4n) is 2.60. The zero-order chi connectivity index (χ0) is 13.7. The summed E-state index contributed by atoms with van der Waals surface area (Å²) in [6.07, 6.45) is 2.62. The van der Waals surface area contributed by atoms with Crippen molar-refractivity contribution in [3.63, 3.8) is 0 Å². The molecule has 2 nitrogen and oxygen atoms in total. The summed E-state index contributed by atoms with van der Waals surface area (Å²) in [5, 5.41) is 10.9. The highest BCUT2D eigenvalue weighted by molar-refractivity contribution is 5.32. The highest BCUT2D eigenvalue weighted by atomic mass is 16.3. The zero-order valence-electron chi connectivity index (χ0n) is 11.9. The second-order valence-electron chi connectivity index (χ2n) is 5.72. The van der Waals surface area contributed by atoms with Gasteiger partial charge in [-0.15, -0.1) is 0 Å². The van der Waals surface area contributed by atoms with Crippen molar-refractivity contribution in [3.8, 4) is 11.8 Å². The minimum atomic E-state index is -1.03. The molecule has 102 valence electrons. The van der Waals surface area contributed by atoms with E-state index in [1.165, 1.54) is 25.9 Å². The highest BCUT2D eigenvalue weighted by Crippen LogP contribution is 2.28. The van der Waals surface area contributed by atoms with Crippen LogP contribution >= 0.6 is 0 Å². The topological polar surface area (TPSA) is 24.7 Å². The van der Waals surface area contributed by atoms with Crippen LogP contribution in [-0.4, -0.2) is 24.7 Å². The second kappa shape index (κ2) is 6.23. The number of nitrogens with one attached hydrogen (secondary N) is 1. The average Bonchev–Trinajstić information content (AvgIpc) is 2.92. The maximum Gasteiger partial charge on any atom is 0.153 e. The standard InChI is InChI=1S/C17H23NO/c1-15(2)17(19,16-9-4-3-5-10-16)11-8-14-18-12-6-7-13-18/h3-5,9-10,15,19H,6-7,12-14H2,1-2H3/p+1. The summed E-state index contributed by atoms with van der Waals surface area (Å²) in [6.45, 7) is 7.33. The highest BCUT2D eigenvalue weighted by Gasteiger charge is 2.30. The Balaban J connectivity index is 2.13. The van der Waals surface area contributed by atoms with Gasteiger partial charge in [-0.25, -0.2) is 0 Å². The Morgan fingerprint density at radius 3 is 2.42 bits per heavy atom. The van der Waals surface area contributed by atoms with Crippen LogP contribution in [0.1, 0.15) is 32.3 Å². The van der Waals surface area contributed by atoms with E-state index in [0.29, 0.717) is 0 Å². The van der Waals surface area contributed by atoms with E-state index in [-0.39, 0.29) is 5.92 Å². The molecule has 0 radical (unpaired) electrons. The van der Waals surface area contributed by atoms with Crippen LogP contribution < -0.4 is 4.90 Å². The molecule has 1 saturated heterocycles. The van der Waals surface area contributed by atoms with E-state index < -0.39 is 5.60 Å². The summed E-state index contributed by atoms with van der Waals surface area (Å²) < 4.78 is 0. The Labute approximate surface area is 116 Å². The van der Waals surface area contributed by atoms with Crippen LogP contribution in [0.15, 0.2) is 30.3 Å². The number of quaternary nitrogens is 1. The third-order valence-corrected chi connectivity index (χ3v) is 3.98. The number of hydrogen-bond acceptors (Lipinski definition) is 1. The van der Waals surface area contributed by atoms with Crippen LogP contribution in [0.25, 0.3) is 0 Å². The van der Waals surface area contributed by atoms with Crippen molar-refractivity contribution in [3.05, 3.63) is 35.9 Å². The van der Waals surface area contributed by atoms with Crippen LogP contribution in [-0.2, 0) is 5.60 Å². The lowest BCUT2D eigenvalue weighted by Gasteiger charge is -2.27. The molecule has 1 unspecified atom stereocenters. The van der Waals surface area contributed by atoms with Gasteiger partial charge in [0.1, 0.15) is 6.54 Å². The van der Waals surface area contributed by atoms with Gasteiger partial charge in [-0.05, 0) is 17.4 Å². The quantitative estimate of drug-likeness (QED) is 0.783. The van der Waals surface area contributed by atoms with E-state index >= 15 is 0 Å². The molecule has 19 heavy (non-hydrogen) atoms. The average molecular weight is 258 g/mol. The van der Waals surface area contributed by atoms with E-state index in [1.807, 2.05) is 44.2 Å². The fraction of sp³-hybridized carbons (Fsp3) is 0.529. The number of hydrogen-bond donors (Lipinski definition) is 2. The first kappa shape index (κ1) is 14.1.